The molecule has 0 bridgehead atoms. The van der Waals surface area contributed by atoms with Crippen molar-refractivity contribution < 1.29 is 17.6 Å². The SMILES string of the molecule is C=CC(F)(F)C(F)(F)C(=C)C(=C)/C=C\C(=C)CC. The lowest BCUT2D eigenvalue weighted by atomic mass is 9.96. The second-order valence-corrected chi connectivity index (χ2v) is 3.75. The van der Waals surface area contributed by atoms with Crippen molar-refractivity contribution in [3.05, 3.63) is 61.3 Å². The second kappa shape index (κ2) is 5.85. The number of hydrogen-bond donors (Lipinski definition) is 0. The first kappa shape index (κ1) is 16.4. The third-order valence-electron chi connectivity index (χ3n) is 2.42. The largest absolute Gasteiger partial charge is 0.339 e. The van der Waals surface area contributed by atoms with Gasteiger partial charge in [0.05, 0.1) is 0 Å². The molecule has 0 aromatic rings. The molecule has 0 heterocycles. The Hall–Kier alpha value is -1.58. The summed E-state index contributed by atoms with van der Waals surface area (Å²) < 4.78 is 52.8. The molecule has 0 unspecified atom stereocenters. The Labute approximate surface area is 105 Å². The van der Waals surface area contributed by atoms with Crippen LogP contribution >= 0.6 is 0 Å². The van der Waals surface area contributed by atoms with E-state index >= 15 is 0 Å². The normalized spacial score (nSPS) is 12.5. The van der Waals surface area contributed by atoms with Crippen molar-refractivity contribution in [3.8, 4) is 0 Å². The third-order valence-corrected chi connectivity index (χ3v) is 2.42. The van der Waals surface area contributed by atoms with Gasteiger partial charge in [-0.15, -0.1) is 0 Å². The molecule has 0 atom stereocenters. The standard InChI is InChI=1S/C14H16F4/c1-6-10(3)8-9-11(4)12(5)14(17,18)13(15,16)7-2/h7-9H,2-6H2,1H3/b9-8-. The Kier molecular flexibility index (Phi) is 5.33. The van der Waals surface area contributed by atoms with Gasteiger partial charge in [-0.05, 0) is 18.1 Å². The predicted octanol–water partition coefficient (Wildman–Crippen LogP) is 5.08. The van der Waals surface area contributed by atoms with Crippen molar-refractivity contribution in [1.82, 2.24) is 0 Å². The first-order valence-electron chi connectivity index (χ1n) is 5.23. The van der Waals surface area contributed by atoms with Crippen molar-refractivity contribution in [3.63, 3.8) is 0 Å². The van der Waals surface area contributed by atoms with Crippen LogP contribution in [0, 0.1) is 0 Å². The van der Waals surface area contributed by atoms with E-state index < -0.39 is 17.4 Å². The molecule has 0 aliphatic heterocycles. The Morgan fingerprint density at radius 1 is 1.06 bits per heavy atom. The van der Waals surface area contributed by atoms with E-state index in [1.165, 1.54) is 12.2 Å². The molecule has 0 saturated carbocycles. The van der Waals surface area contributed by atoms with Crippen molar-refractivity contribution in [2.75, 3.05) is 0 Å². The summed E-state index contributed by atoms with van der Waals surface area (Å²) in [7, 11) is 0. The second-order valence-electron chi connectivity index (χ2n) is 3.75. The molecule has 0 saturated heterocycles. The zero-order valence-electron chi connectivity index (χ0n) is 10.3. The number of hydrogen-bond acceptors (Lipinski definition) is 0. The molecule has 0 aliphatic rings. The van der Waals surface area contributed by atoms with Gasteiger partial charge in [-0.1, -0.05) is 51.0 Å². The lowest BCUT2D eigenvalue weighted by Gasteiger charge is -2.25. The average molecular weight is 260 g/mol. The maximum Gasteiger partial charge on any atom is 0.339 e. The van der Waals surface area contributed by atoms with Gasteiger partial charge in [-0.3, -0.25) is 0 Å². The van der Waals surface area contributed by atoms with Crippen molar-refractivity contribution in [2.24, 2.45) is 0 Å². The van der Waals surface area contributed by atoms with E-state index in [0.29, 0.717) is 12.0 Å². The summed E-state index contributed by atoms with van der Waals surface area (Å²) in [5, 5.41) is 0. The highest BCUT2D eigenvalue weighted by molar-refractivity contribution is 5.43. The fourth-order valence-corrected chi connectivity index (χ4v) is 0.968. The average Bonchev–Trinajstić information content (AvgIpc) is 2.33. The molecule has 0 nitrogen and oxygen atoms in total. The third kappa shape index (κ3) is 3.45. The minimum absolute atomic E-state index is 0.0971. The van der Waals surface area contributed by atoms with Crippen LogP contribution in [0.3, 0.4) is 0 Å². The van der Waals surface area contributed by atoms with E-state index in [4.69, 9.17) is 0 Å². The van der Waals surface area contributed by atoms with Crippen molar-refractivity contribution in [1.29, 1.82) is 0 Å². The topological polar surface area (TPSA) is 0 Å². The summed E-state index contributed by atoms with van der Waals surface area (Å²) in [4.78, 5) is 0. The minimum Gasteiger partial charge on any atom is -0.195 e. The van der Waals surface area contributed by atoms with Gasteiger partial charge in [0.25, 0.3) is 0 Å². The highest BCUT2D eigenvalue weighted by Gasteiger charge is 2.56. The smallest absolute Gasteiger partial charge is 0.195 e. The number of alkyl halides is 4. The summed E-state index contributed by atoms with van der Waals surface area (Å²) in [6.07, 6.45) is 3.16. The van der Waals surface area contributed by atoms with Crippen LogP contribution < -0.4 is 0 Å². The molecule has 0 aliphatic carbocycles. The van der Waals surface area contributed by atoms with Crippen LogP contribution in [-0.2, 0) is 0 Å². The van der Waals surface area contributed by atoms with Gasteiger partial charge in [-0.25, -0.2) is 0 Å². The van der Waals surface area contributed by atoms with Crippen LogP contribution in [0.1, 0.15) is 13.3 Å². The monoisotopic (exact) mass is 260 g/mol. The minimum atomic E-state index is -4.41. The molecule has 0 aromatic heterocycles. The molecule has 0 amide bonds. The fraction of sp³-hybridized carbons (Fsp3) is 0.286. The molecule has 0 spiro atoms. The first-order chi connectivity index (χ1) is 8.10. The number of rotatable bonds is 7. The summed E-state index contributed by atoms with van der Waals surface area (Å²) in [6.45, 7) is 14.4. The van der Waals surface area contributed by atoms with E-state index in [1.807, 2.05) is 6.92 Å². The highest BCUT2D eigenvalue weighted by atomic mass is 19.3. The van der Waals surface area contributed by atoms with Gasteiger partial charge in [0.15, 0.2) is 0 Å². The Balaban J connectivity index is 5.07. The van der Waals surface area contributed by atoms with Crippen LogP contribution in [0.4, 0.5) is 17.6 Å². The summed E-state index contributed by atoms with van der Waals surface area (Å²) in [5.74, 6) is -8.77. The molecule has 4 heteroatoms. The maximum absolute atomic E-state index is 13.4. The lowest BCUT2D eigenvalue weighted by molar-refractivity contribution is -0.152. The van der Waals surface area contributed by atoms with Gasteiger partial charge >= 0.3 is 11.8 Å². The van der Waals surface area contributed by atoms with Crippen LogP contribution in [0.5, 0.6) is 0 Å². The maximum atomic E-state index is 13.4. The van der Waals surface area contributed by atoms with E-state index in [-0.39, 0.29) is 11.6 Å². The van der Waals surface area contributed by atoms with Crippen molar-refractivity contribution in [2.45, 2.75) is 25.2 Å². The zero-order chi connectivity index (χ0) is 14.6. The molecule has 0 fully saturated rings. The van der Waals surface area contributed by atoms with Gasteiger partial charge in [-0.2, -0.15) is 17.6 Å². The van der Waals surface area contributed by atoms with Gasteiger partial charge < -0.3 is 0 Å². The molecule has 0 N–H and O–H groups in total. The van der Waals surface area contributed by atoms with Gasteiger partial charge in [0.2, 0.25) is 0 Å². The molecule has 100 valence electrons. The fourth-order valence-electron chi connectivity index (χ4n) is 0.968. The Bertz CT molecular complexity index is 400. The van der Waals surface area contributed by atoms with E-state index in [1.54, 1.807) is 0 Å². The summed E-state index contributed by atoms with van der Waals surface area (Å²) >= 11 is 0. The predicted molar refractivity (Wildman–Crippen MR) is 66.9 cm³/mol. The molecule has 18 heavy (non-hydrogen) atoms. The Morgan fingerprint density at radius 3 is 1.94 bits per heavy atom. The summed E-state index contributed by atoms with van der Waals surface area (Å²) in [6, 6.07) is 0. The van der Waals surface area contributed by atoms with E-state index in [0.717, 1.165) is 0 Å². The number of halogens is 4. The zero-order valence-corrected chi connectivity index (χ0v) is 10.3. The van der Waals surface area contributed by atoms with Gasteiger partial charge in [0.1, 0.15) is 0 Å². The number of allylic oxidation sites excluding steroid dienone is 6. The molecule has 0 aromatic carbocycles. The van der Waals surface area contributed by atoms with E-state index in [2.05, 4.69) is 26.3 Å². The molecule has 0 radical (unpaired) electrons. The van der Waals surface area contributed by atoms with Crippen LogP contribution in [-0.4, -0.2) is 11.8 Å². The van der Waals surface area contributed by atoms with Gasteiger partial charge in [0, 0.05) is 5.57 Å². The molecular weight excluding hydrogens is 244 g/mol. The van der Waals surface area contributed by atoms with Crippen molar-refractivity contribution >= 4 is 0 Å². The van der Waals surface area contributed by atoms with Crippen LogP contribution in [0.15, 0.2) is 61.3 Å². The summed E-state index contributed by atoms with van der Waals surface area (Å²) in [5.41, 5.74) is -0.633. The molecular formula is C14H16F4. The van der Waals surface area contributed by atoms with E-state index in [9.17, 15) is 17.6 Å². The molecule has 0 rings (SSSR count). The quantitative estimate of drug-likeness (QED) is 0.340. The highest BCUT2D eigenvalue weighted by Crippen LogP contribution is 2.42. The van der Waals surface area contributed by atoms with Crippen LogP contribution in [0.2, 0.25) is 0 Å². The first-order valence-corrected chi connectivity index (χ1v) is 5.23. The Morgan fingerprint density at radius 2 is 1.56 bits per heavy atom. The van der Waals surface area contributed by atoms with Crippen LogP contribution in [0.25, 0.3) is 0 Å². The lowest BCUT2D eigenvalue weighted by Crippen LogP contribution is -2.40.